The van der Waals surface area contributed by atoms with Crippen LogP contribution in [0.4, 0.5) is 0 Å². The maximum absolute atomic E-state index is 12.2. The molecule has 25 heavy (non-hydrogen) atoms. The first-order chi connectivity index (χ1) is 12.3. The van der Waals surface area contributed by atoms with Gasteiger partial charge in [-0.15, -0.1) is 11.3 Å². The van der Waals surface area contributed by atoms with Crippen LogP contribution in [0, 0.1) is 0 Å². The Morgan fingerprint density at radius 1 is 1.08 bits per heavy atom. The zero-order valence-corrected chi connectivity index (χ0v) is 15.6. The number of nitrogens with one attached hydrogen (secondary N) is 1. The second-order valence-electron chi connectivity index (χ2n) is 7.36. The van der Waals surface area contributed by atoms with Gasteiger partial charge in [0.2, 0.25) is 5.91 Å². The van der Waals surface area contributed by atoms with E-state index in [9.17, 15) is 4.79 Å². The average Bonchev–Trinajstić information content (AvgIpc) is 3.27. The summed E-state index contributed by atoms with van der Waals surface area (Å²) in [5, 5.41) is 6.89. The normalized spacial score (nSPS) is 20.3. The molecule has 2 aromatic rings. The molecule has 0 unspecified atom stereocenters. The number of hydrogen-bond donors (Lipinski definition) is 1. The number of thiophene rings is 1. The van der Waals surface area contributed by atoms with E-state index >= 15 is 0 Å². The van der Waals surface area contributed by atoms with Crippen LogP contribution in [0.2, 0.25) is 0 Å². The molecule has 2 aliphatic rings. The topological polar surface area (TPSA) is 35.6 Å². The molecule has 1 aromatic heterocycles. The highest BCUT2D eigenvalue weighted by Gasteiger charge is 2.22. The molecule has 4 rings (SSSR count). The van der Waals surface area contributed by atoms with E-state index in [2.05, 4.69) is 44.8 Å². The maximum Gasteiger partial charge on any atom is 0.234 e. The fraction of sp³-hybridized carbons (Fsp3) is 0.550. The van der Waals surface area contributed by atoms with Gasteiger partial charge in [0.05, 0.1) is 6.54 Å². The van der Waals surface area contributed by atoms with Crippen molar-refractivity contribution in [1.29, 1.82) is 0 Å². The Kier molecular flexibility index (Phi) is 5.34. The minimum Gasteiger partial charge on any atom is -0.352 e. The summed E-state index contributed by atoms with van der Waals surface area (Å²) in [7, 11) is 0. The minimum absolute atomic E-state index is 0.212. The number of carbonyl (C=O) groups excluding carboxylic acids is 1. The van der Waals surface area contributed by atoms with Gasteiger partial charge in [0.1, 0.15) is 0 Å². The monoisotopic (exact) mass is 357 g/mol. The third-order valence-corrected chi connectivity index (χ3v) is 6.52. The molecular weight excluding hydrogens is 330 g/mol. The number of rotatable bonds is 5. The van der Waals surface area contributed by atoms with Crippen LogP contribution in [0.1, 0.15) is 31.2 Å². The Hall–Kier alpha value is -1.43. The first-order valence-electron chi connectivity index (χ1n) is 9.47. The predicted octanol–water partition coefficient (Wildman–Crippen LogP) is 3.08. The number of nitrogens with zero attached hydrogens (tertiary/aromatic N) is 2. The molecule has 0 radical (unpaired) electrons. The van der Waals surface area contributed by atoms with Gasteiger partial charge >= 0.3 is 0 Å². The van der Waals surface area contributed by atoms with Gasteiger partial charge < -0.3 is 5.32 Å². The van der Waals surface area contributed by atoms with Crippen molar-refractivity contribution in [3.05, 3.63) is 35.2 Å². The van der Waals surface area contributed by atoms with Gasteiger partial charge in [-0.2, -0.15) is 0 Å². The van der Waals surface area contributed by atoms with Crippen molar-refractivity contribution in [2.75, 3.05) is 32.7 Å². The summed E-state index contributed by atoms with van der Waals surface area (Å²) in [5.41, 5.74) is 1.44. The van der Waals surface area contributed by atoms with Gasteiger partial charge in [-0.05, 0) is 35.2 Å². The molecule has 5 heteroatoms. The van der Waals surface area contributed by atoms with E-state index in [-0.39, 0.29) is 5.91 Å². The Morgan fingerprint density at radius 3 is 2.60 bits per heavy atom. The largest absolute Gasteiger partial charge is 0.352 e. The Bertz CT molecular complexity index is 715. The van der Waals surface area contributed by atoms with Crippen molar-refractivity contribution in [1.82, 2.24) is 15.1 Å². The fourth-order valence-corrected chi connectivity index (χ4v) is 5.00. The second-order valence-corrected chi connectivity index (χ2v) is 8.27. The van der Waals surface area contributed by atoms with Crippen molar-refractivity contribution in [2.24, 2.45) is 0 Å². The smallest absolute Gasteiger partial charge is 0.234 e. The summed E-state index contributed by atoms with van der Waals surface area (Å²) < 4.78 is 1.37. The molecule has 1 saturated carbocycles. The van der Waals surface area contributed by atoms with Crippen LogP contribution in [-0.4, -0.2) is 54.5 Å². The fourth-order valence-electron chi connectivity index (χ4n) is 4.05. The van der Waals surface area contributed by atoms with Crippen molar-refractivity contribution in [3.8, 4) is 0 Å². The third kappa shape index (κ3) is 4.22. The van der Waals surface area contributed by atoms with Gasteiger partial charge in [-0.25, -0.2) is 0 Å². The van der Waals surface area contributed by atoms with E-state index in [1.807, 2.05) is 11.3 Å². The van der Waals surface area contributed by atoms with Gasteiger partial charge in [0.15, 0.2) is 0 Å². The van der Waals surface area contributed by atoms with Crippen LogP contribution in [0.5, 0.6) is 0 Å². The molecule has 4 nitrogen and oxygen atoms in total. The summed E-state index contributed by atoms with van der Waals surface area (Å²) in [6, 6.07) is 9.09. The SMILES string of the molecule is O=C(CN1CCN(Cc2csc3ccccc23)CC1)NC1CCCC1. The summed E-state index contributed by atoms with van der Waals surface area (Å²) in [4.78, 5) is 17.0. The predicted molar refractivity (Wildman–Crippen MR) is 104 cm³/mol. The lowest BCUT2D eigenvalue weighted by atomic mass is 10.1. The Balaban J connectivity index is 1.24. The van der Waals surface area contributed by atoms with Crippen LogP contribution in [-0.2, 0) is 11.3 Å². The molecule has 134 valence electrons. The van der Waals surface area contributed by atoms with Crippen molar-refractivity contribution in [3.63, 3.8) is 0 Å². The van der Waals surface area contributed by atoms with E-state index in [1.165, 1.54) is 28.5 Å². The van der Waals surface area contributed by atoms with Gasteiger partial charge in [0, 0.05) is 43.5 Å². The highest BCUT2D eigenvalue weighted by molar-refractivity contribution is 7.17. The minimum atomic E-state index is 0.212. The summed E-state index contributed by atoms with van der Waals surface area (Å²) in [6.07, 6.45) is 4.85. The zero-order chi connectivity index (χ0) is 17.1. The quantitative estimate of drug-likeness (QED) is 0.893. The summed E-state index contributed by atoms with van der Waals surface area (Å²) in [5.74, 6) is 0.212. The van der Waals surface area contributed by atoms with Crippen molar-refractivity contribution < 1.29 is 4.79 Å². The lowest BCUT2D eigenvalue weighted by Gasteiger charge is -2.34. The number of fused-ring (bicyclic) bond motifs is 1. The molecule has 1 N–H and O–H groups in total. The number of carbonyl (C=O) groups is 1. The molecule has 1 aliphatic carbocycles. The highest BCUT2D eigenvalue weighted by Crippen LogP contribution is 2.27. The second kappa shape index (κ2) is 7.85. The van der Waals surface area contributed by atoms with E-state index in [4.69, 9.17) is 0 Å². The number of hydrogen-bond acceptors (Lipinski definition) is 4. The standard InChI is InChI=1S/C20H27N3OS/c24-20(21-17-5-1-2-6-17)14-23-11-9-22(10-12-23)13-16-15-25-19-8-4-3-7-18(16)19/h3-4,7-8,15,17H,1-2,5-6,9-14H2,(H,21,24). The van der Waals surface area contributed by atoms with E-state index in [1.54, 1.807) is 0 Å². The first-order valence-corrected chi connectivity index (χ1v) is 10.3. The molecule has 2 fully saturated rings. The highest BCUT2D eigenvalue weighted by atomic mass is 32.1. The number of amides is 1. The van der Waals surface area contributed by atoms with Crippen LogP contribution in [0.3, 0.4) is 0 Å². The lowest BCUT2D eigenvalue weighted by molar-refractivity contribution is -0.123. The van der Waals surface area contributed by atoms with Crippen LogP contribution in [0.25, 0.3) is 10.1 Å². The molecule has 0 bridgehead atoms. The van der Waals surface area contributed by atoms with Crippen LogP contribution < -0.4 is 5.32 Å². The molecule has 0 atom stereocenters. The van der Waals surface area contributed by atoms with Gasteiger partial charge in [0.25, 0.3) is 0 Å². The zero-order valence-electron chi connectivity index (χ0n) is 14.7. The van der Waals surface area contributed by atoms with Crippen LogP contribution >= 0.6 is 11.3 Å². The summed E-state index contributed by atoms with van der Waals surface area (Å²) >= 11 is 1.84. The Morgan fingerprint density at radius 2 is 1.80 bits per heavy atom. The van der Waals surface area contributed by atoms with Crippen molar-refractivity contribution in [2.45, 2.75) is 38.3 Å². The molecular formula is C20H27N3OS. The molecule has 1 amide bonds. The van der Waals surface area contributed by atoms with Gasteiger partial charge in [-0.3, -0.25) is 14.6 Å². The Labute approximate surface area is 153 Å². The molecule has 0 spiro atoms. The number of benzene rings is 1. The van der Waals surface area contributed by atoms with E-state index in [0.29, 0.717) is 12.6 Å². The summed E-state index contributed by atoms with van der Waals surface area (Å²) in [6.45, 7) is 5.64. The van der Waals surface area contributed by atoms with Crippen molar-refractivity contribution >= 4 is 27.3 Å². The molecule has 2 heterocycles. The molecule has 1 aliphatic heterocycles. The van der Waals surface area contributed by atoms with Crippen LogP contribution in [0.15, 0.2) is 29.6 Å². The molecule has 1 aromatic carbocycles. The van der Waals surface area contributed by atoms with E-state index in [0.717, 1.165) is 45.6 Å². The first kappa shape index (κ1) is 17.0. The third-order valence-electron chi connectivity index (χ3n) is 5.51. The van der Waals surface area contributed by atoms with E-state index < -0.39 is 0 Å². The average molecular weight is 358 g/mol. The lowest BCUT2D eigenvalue weighted by Crippen LogP contribution is -2.49. The number of piperazine rings is 1. The maximum atomic E-state index is 12.2. The van der Waals surface area contributed by atoms with Gasteiger partial charge in [-0.1, -0.05) is 31.0 Å². The molecule has 1 saturated heterocycles.